The number of amides is 1. The average Bonchev–Trinajstić information content (AvgIpc) is 3.55. The highest BCUT2D eigenvalue weighted by atomic mass is 32.2. The maximum Gasteiger partial charge on any atom is 0.252 e. The van der Waals surface area contributed by atoms with E-state index >= 15 is 0 Å². The van der Waals surface area contributed by atoms with E-state index in [9.17, 15) is 9.90 Å². The van der Waals surface area contributed by atoms with Gasteiger partial charge in [-0.2, -0.15) is 0 Å². The molecule has 2 aromatic carbocycles. The third-order valence-electron chi connectivity index (χ3n) is 5.04. The summed E-state index contributed by atoms with van der Waals surface area (Å²) in [5.74, 6) is 1.16. The molecule has 0 aliphatic heterocycles. The van der Waals surface area contributed by atoms with Gasteiger partial charge in [-0.05, 0) is 50.5 Å². The van der Waals surface area contributed by atoms with Gasteiger partial charge in [-0.1, -0.05) is 35.9 Å². The Kier molecular flexibility index (Phi) is 6.25. The van der Waals surface area contributed by atoms with Crippen LogP contribution in [-0.2, 0) is 0 Å². The van der Waals surface area contributed by atoms with Gasteiger partial charge in [0.05, 0.1) is 22.2 Å². The first-order valence-electron chi connectivity index (χ1n) is 10.2. The third-order valence-corrected chi connectivity index (χ3v) is 6.09. The molecule has 1 fully saturated rings. The van der Waals surface area contributed by atoms with Crippen molar-refractivity contribution < 1.29 is 14.6 Å². The standard InChI is InChI=1S/C24H26N2O3S/c1-15-7-10-22(16(2)11-15)29-13-18(27)14-30-23-12-20(24(28)25-17-8-9-17)19-5-3-4-6-21(19)26-23/h3-7,10-12,17-18,27H,8-9,13-14H2,1-2H3,(H,25,28). The molecule has 5 nitrogen and oxygen atoms in total. The molecule has 0 bridgehead atoms. The lowest BCUT2D eigenvalue weighted by molar-refractivity contribution is 0.0952. The number of ether oxygens (including phenoxy) is 1. The topological polar surface area (TPSA) is 71.5 Å². The lowest BCUT2D eigenvalue weighted by Crippen LogP contribution is -2.25. The Balaban J connectivity index is 1.42. The minimum Gasteiger partial charge on any atom is -0.491 e. The fourth-order valence-electron chi connectivity index (χ4n) is 3.28. The molecule has 1 unspecified atom stereocenters. The highest BCUT2D eigenvalue weighted by Gasteiger charge is 2.25. The van der Waals surface area contributed by atoms with E-state index in [0.29, 0.717) is 17.4 Å². The quantitative estimate of drug-likeness (QED) is 0.530. The molecule has 2 N–H and O–H groups in total. The molecule has 156 valence electrons. The summed E-state index contributed by atoms with van der Waals surface area (Å²) in [6.45, 7) is 4.24. The molecule has 6 heteroatoms. The number of hydrogen-bond acceptors (Lipinski definition) is 5. The fraction of sp³-hybridized carbons (Fsp3) is 0.333. The van der Waals surface area contributed by atoms with Crippen molar-refractivity contribution in [3.63, 3.8) is 0 Å². The van der Waals surface area contributed by atoms with E-state index in [1.54, 1.807) is 0 Å². The van der Waals surface area contributed by atoms with Crippen LogP contribution in [0.5, 0.6) is 5.75 Å². The highest BCUT2D eigenvalue weighted by molar-refractivity contribution is 7.99. The van der Waals surface area contributed by atoms with Gasteiger partial charge in [0.25, 0.3) is 5.91 Å². The van der Waals surface area contributed by atoms with Crippen LogP contribution in [-0.4, -0.2) is 40.5 Å². The first-order valence-corrected chi connectivity index (χ1v) is 11.2. The van der Waals surface area contributed by atoms with Crippen LogP contribution in [0.2, 0.25) is 0 Å². The van der Waals surface area contributed by atoms with E-state index in [1.807, 2.05) is 56.3 Å². The number of benzene rings is 2. The largest absolute Gasteiger partial charge is 0.491 e. The molecule has 1 saturated carbocycles. The second kappa shape index (κ2) is 9.06. The number of fused-ring (bicyclic) bond motifs is 1. The van der Waals surface area contributed by atoms with Crippen LogP contribution in [0.3, 0.4) is 0 Å². The first kappa shape index (κ1) is 20.7. The molecule has 1 aliphatic rings. The number of nitrogens with one attached hydrogen (secondary N) is 1. The minimum absolute atomic E-state index is 0.0586. The van der Waals surface area contributed by atoms with Crippen molar-refractivity contribution in [3.05, 3.63) is 65.2 Å². The van der Waals surface area contributed by atoms with Gasteiger partial charge >= 0.3 is 0 Å². The number of para-hydroxylation sites is 1. The number of carbonyl (C=O) groups is 1. The Bertz CT molecular complexity index is 1070. The lowest BCUT2D eigenvalue weighted by atomic mass is 10.1. The molecule has 0 saturated heterocycles. The molecule has 1 aromatic heterocycles. The highest BCUT2D eigenvalue weighted by Crippen LogP contribution is 2.27. The van der Waals surface area contributed by atoms with Gasteiger partial charge in [0.2, 0.25) is 0 Å². The number of nitrogens with zero attached hydrogens (tertiary/aromatic N) is 1. The molecule has 3 aromatic rings. The van der Waals surface area contributed by atoms with Crippen molar-refractivity contribution in [2.75, 3.05) is 12.4 Å². The van der Waals surface area contributed by atoms with Crippen LogP contribution in [0.25, 0.3) is 10.9 Å². The van der Waals surface area contributed by atoms with E-state index in [1.165, 1.54) is 17.3 Å². The number of pyridine rings is 1. The summed E-state index contributed by atoms with van der Waals surface area (Å²) < 4.78 is 5.78. The number of thioether (sulfide) groups is 1. The zero-order valence-corrected chi connectivity index (χ0v) is 18.0. The zero-order chi connectivity index (χ0) is 21.1. The Morgan fingerprint density at radius 1 is 1.23 bits per heavy atom. The van der Waals surface area contributed by atoms with Gasteiger partial charge < -0.3 is 15.2 Å². The van der Waals surface area contributed by atoms with E-state index in [0.717, 1.165) is 40.1 Å². The first-order chi connectivity index (χ1) is 14.5. The number of aryl methyl sites for hydroxylation is 2. The van der Waals surface area contributed by atoms with Crippen molar-refractivity contribution in [2.45, 2.75) is 43.9 Å². The molecule has 0 spiro atoms. The molecular weight excluding hydrogens is 396 g/mol. The van der Waals surface area contributed by atoms with E-state index in [-0.39, 0.29) is 12.5 Å². The monoisotopic (exact) mass is 422 g/mol. The van der Waals surface area contributed by atoms with Gasteiger partial charge in [-0.15, -0.1) is 11.8 Å². The predicted octanol–water partition coefficient (Wildman–Crippen LogP) is 4.28. The minimum atomic E-state index is -0.646. The van der Waals surface area contributed by atoms with Crippen LogP contribution < -0.4 is 10.1 Å². The van der Waals surface area contributed by atoms with Gasteiger partial charge in [-0.25, -0.2) is 4.98 Å². The fourth-order valence-corrected chi connectivity index (χ4v) is 4.10. The average molecular weight is 423 g/mol. The van der Waals surface area contributed by atoms with Crippen LogP contribution in [0.15, 0.2) is 53.6 Å². The molecular formula is C24H26N2O3S. The number of aliphatic hydroxyl groups excluding tert-OH is 1. The van der Waals surface area contributed by atoms with Crippen molar-refractivity contribution in [2.24, 2.45) is 0 Å². The Morgan fingerprint density at radius 2 is 2.03 bits per heavy atom. The second-order valence-electron chi connectivity index (χ2n) is 7.82. The summed E-state index contributed by atoms with van der Waals surface area (Å²) in [6.07, 6.45) is 1.44. The molecule has 4 rings (SSSR count). The smallest absolute Gasteiger partial charge is 0.252 e. The summed E-state index contributed by atoms with van der Waals surface area (Å²) >= 11 is 1.43. The number of rotatable bonds is 8. The molecule has 30 heavy (non-hydrogen) atoms. The maximum absolute atomic E-state index is 12.7. The summed E-state index contributed by atoms with van der Waals surface area (Å²) in [6, 6.07) is 15.8. The van der Waals surface area contributed by atoms with Crippen molar-refractivity contribution in [3.8, 4) is 5.75 Å². The SMILES string of the molecule is Cc1ccc(OCC(O)CSc2cc(C(=O)NC3CC3)c3ccccc3n2)c(C)c1. The van der Waals surface area contributed by atoms with Gasteiger partial charge in [0.1, 0.15) is 12.4 Å². The Hall–Kier alpha value is -2.57. The second-order valence-corrected chi connectivity index (χ2v) is 8.86. The molecule has 1 aliphatic carbocycles. The summed E-state index contributed by atoms with van der Waals surface area (Å²) in [5.41, 5.74) is 3.65. The molecule has 1 heterocycles. The summed E-state index contributed by atoms with van der Waals surface area (Å²) in [4.78, 5) is 17.4. The van der Waals surface area contributed by atoms with E-state index in [4.69, 9.17) is 4.74 Å². The number of aliphatic hydroxyl groups is 1. The maximum atomic E-state index is 12.7. The molecule has 1 amide bonds. The summed E-state index contributed by atoms with van der Waals surface area (Å²) in [5, 5.41) is 15.0. The number of aromatic nitrogens is 1. The van der Waals surface area contributed by atoms with Gasteiger partial charge in [0.15, 0.2) is 0 Å². The Morgan fingerprint density at radius 3 is 2.80 bits per heavy atom. The lowest BCUT2D eigenvalue weighted by Gasteiger charge is -2.14. The van der Waals surface area contributed by atoms with Gasteiger partial charge in [-0.3, -0.25) is 4.79 Å². The number of hydrogen-bond donors (Lipinski definition) is 2. The van der Waals surface area contributed by atoms with E-state index < -0.39 is 6.10 Å². The van der Waals surface area contributed by atoms with Crippen LogP contribution in [0, 0.1) is 13.8 Å². The normalized spacial score (nSPS) is 14.5. The van der Waals surface area contributed by atoms with Crippen LogP contribution in [0.1, 0.15) is 34.3 Å². The summed E-state index contributed by atoms with van der Waals surface area (Å²) in [7, 11) is 0. The van der Waals surface area contributed by atoms with Crippen LogP contribution in [0.4, 0.5) is 0 Å². The molecule has 0 radical (unpaired) electrons. The van der Waals surface area contributed by atoms with E-state index in [2.05, 4.69) is 16.4 Å². The van der Waals surface area contributed by atoms with Crippen molar-refractivity contribution >= 4 is 28.6 Å². The molecule has 1 atom stereocenters. The van der Waals surface area contributed by atoms with Crippen molar-refractivity contribution in [1.82, 2.24) is 10.3 Å². The third kappa shape index (κ3) is 5.12. The Labute approximate surface area is 180 Å². The predicted molar refractivity (Wildman–Crippen MR) is 120 cm³/mol. The number of carbonyl (C=O) groups excluding carboxylic acids is 1. The zero-order valence-electron chi connectivity index (χ0n) is 17.2. The van der Waals surface area contributed by atoms with Crippen LogP contribution >= 0.6 is 11.8 Å². The van der Waals surface area contributed by atoms with Gasteiger partial charge in [0, 0.05) is 17.2 Å². The van der Waals surface area contributed by atoms with Crippen molar-refractivity contribution in [1.29, 1.82) is 0 Å².